The number of rotatable bonds is 9. The number of esters is 1. The Morgan fingerprint density at radius 1 is 0.875 bits per heavy atom. The van der Waals surface area contributed by atoms with Crippen LogP contribution in [0.2, 0.25) is 0 Å². The van der Waals surface area contributed by atoms with Crippen LogP contribution in [0.1, 0.15) is 12.5 Å². The van der Waals surface area contributed by atoms with Crippen LogP contribution in [0.4, 0.5) is 0 Å². The van der Waals surface area contributed by atoms with Crippen LogP contribution in [0.3, 0.4) is 0 Å². The van der Waals surface area contributed by atoms with Crippen LogP contribution < -0.4 is 15.9 Å². The molecule has 1 heterocycles. The second-order valence-electron chi connectivity index (χ2n) is 9.13. The molecule has 0 aliphatic heterocycles. The Balaban J connectivity index is 1.88. The van der Waals surface area contributed by atoms with E-state index in [0.29, 0.717) is 6.73 Å². The average molecular weight is 613 g/mol. The average Bonchev–Trinajstić information content (AvgIpc) is 3.32. The highest BCUT2D eigenvalue weighted by atomic mass is 79.9. The first-order valence-corrected chi connectivity index (χ1v) is 15.6. The van der Waals surface area contributed by atoms with Gasteiger partial charge in [-0.05, 0) is 31.2 Å². The van der Waals surface area contributed by atoms with Crippen LogP contribution in [0.15, 0.2) is 130 Å². The van der Waals surface area contributed by atoms with E-state index < -0.39 is 13.0 Å². The molecule has 4 aromatic carbocycles. The Bertz CT molecular complexity index is 1590. The topological polar surface area (TPSA) is 52.8 Å². The SMILES string of the molecule is CCOC(=O)/C(=C/c1cn(COC)c2ccc(Br)cc12)N=P(c1ccccc1)(c1ccccc1)c1ccccc1. The minimum atomic E-state index is -2.68. The maximum Gasteiger partial charge on any atom is 0.356 e. The molecular formula is C33H30BrN2O3P. The third-order valence-corrected chi connectivity index (χ3v) is 10.7. The number of benzene rings is 4. The molecule has 0 N–H and O–H groups in total. The van der Waals surface area contributed by atoms with Gasteiger partial charge in [-0.25, -0.2) is 9.54 Å². The lowest BCUT2D eigenvalue weighted by molar-refractivity contribution is -0.138. The fourth-order valence-electron chi connectivity index (χ4n) is 4.85. The van der Waals surface area contributed by atoms with Crippen LogP contribution >= 0.6 is 23.0 Å². The number of carbonyl (C=O) groups is 1. The van der Waals surface area contributed by atoms with Crippen LogP contribution in [-0.2, 0) is 21.0 Å². The number of halogens is 1. The van der Waals surface area contributed by atoms with Gasteiger partial charge >= 0.3 is 5.97 Å². The molecule has 0 aliphatic rings. The molecule has 0 saturated carbocycles. The first-order valence-electron chi connectivity index (χ1n) is 13.0. The fraction of sp³-hybridized carbons (Fsp3) is 0.121. The number of fused-ring (bicyclic) bond motifs is 1. The summed E-state index contributed by atoms with van der Waals surface area (Å²) in [6.07, 6.45) is 3.84. The van der Waals surface area contributed by atoms with Gasteiger partial charge in [0.25, 0.3) is 0 Å². The maximum absolute atomic E-state index is 13.6. The summed E-state index contributed by atoms with van der Waals surface area (Å²) in [4.78, 5) is 13.6. The molecule has 0 amide bonds. The summed E-state index contributed by atoms with van der Waals surface area (Å²) in [5, 5.41) is 4.12. The molecule has 0 atom stereocenters. The summed E-state index contributed by atoms with van der Waals surface area (Å²) in [7, 11) is -1.02. The van der Waals surface area contributed by atoms with Crippen molar-refractivity contribution in [2.75, 3.05) is 13.7 Å². The molecule has 0 radical (unpaired) electrons. The van der Waals surface area contributed by atoms with Crippen molar-refractivity contribution < 1.29 is 14.3 Å². The second kappa shape index (κ2) is 12.6. The van der Waals surface area contributed by atoms with Crippen molar-refractivity contribution in [2.24, 2.45) is 4.74 Å². The lowest BCUT2D eigenvalue weighted by atomic mass is 10.1. The lowest BCUT2D eigenvalue weighted by Gasteiger charge is -2.27. The smallest absolute Gasteiger partial charge is 0.356 e. The van der Waals surface area contributed by atoms with Gasteiger partial charge in [0.2, 0.25) is 0 Å². The van der Waals surface area contributed by atoms with Gasteiger partial charge in [0, 0.05) is 44.6 Å². The van der Waals surface area contributed by atoms with E-state index in [1.165, 1.54) is 0 Å². The van der Waals surface area contributed by atoms with E-state index in [4.69, 9.17) is 14.2 Å². The van der Waals surface area contributed by atoms with Gasteiger partial charge in [0.15, 0.2) is 0 Å². The number of hydrogen-bond donors (Lipinski definition) is 0. The zero-order chi connectivity index (χ0) is 28.0. The molecule has 7 heteroatoms. The predicted molar refractivity (Wildman–Crippen MR) is 169 cm³/mol. The lowest BCUT2D eigenvalue weighted by Crippen LogP contribution is -2.26. The molecule has 0 aliphatic carbocycles. The van der Waals surface area contributed by atoms with Crippen molar-refractivity contribution in [3.05, 3.63) is 131 Å². The molecule has 0 bridgehead atoms. The van der Waals surface area contributed by atoms with Gasteiger partial charge in [0.05, 0.1) is 19.2 Å². The van der Waals surface area contributed by atoms with E-state index in [2.05, 4.69) is 52.3 Å². The second-order valence-corrected chi connectivity index (χ2v) is 13.1. The van der Waals surface area contributed by atoms with Crippen molar-refractivity contribution in [1.29, 1.82) is 0 Å². The summed E-state index contributed by atoms with van der Waals surface area (Å²) >= 11 is 3.60. The Hall–Kier alpha value is -3.70. The highest BCUT2D eigenvalue weighted by Crippen LogP contribution is 2.48. The molecule has 5 rings (SSSR count). The summed E-state index contributed by atoms with van der Waals surface area (Å²) in [6.45, 7) is 2.44. The third-order valence-electron chi connectivity index (χ3n) is 6.57. The van der Waals surface area contributed by atoms with Crippen molar-refractivity contribution in [1.82, 2.24) is 4.57 Å². The molecule has 202 valence electrons. The number of nitrogens with zero attached hydrogens (tertiary/aromatic N) is 2. The number of carbonyl (C=O) groups excluding carboxylic acids is 1. The normalized spacial score (nSPS) is 11.9. The Kier molecular flexibility index (Phi) is 8.81. The van der Waals surface area contributed by atoms with Crippen molar-refractivity contribution in [3.63, 3.8) is 0 Å². The van der Waals surface area contributed by atoms with E-state index in [1.807, 2.05) is 96.6 Å². The first kappa shape index (κ1) is 27.9. The zero-order valence-electron chi connectivity index (χ0n) is 22.4. The van der Waals surface area contributed by atoms with E-state index in [1.54, 1.807) is 7.11 Å². The van der Waals surface area contributed by atoms with Gasteiger partial charge in [0.1, 0.15) is 12.4 Å². The highest BCUT2D eigenvalue weighted by molar-refractivity contribution is 9.10. The van der Waals surface area contributed by atoms with Crippen LogP contribution in [0, 0.1) is 0 Å². The molecule has 0 spiro atoms. The molecule has 1 aromatic heterocycles. The Labute approximate surface area is 243 Å². The quantitative estimate of drug-likeness (QED) is 0.101. The first-order chi connectivity index (χ1) is 19.6. The Morgan fingerprint density at radius 2 is 1.43 bits per heavy atom. The van der Waals surface area contributed by atoms with E-state index >= 15 is 0 Å². The zero-order valence-corrected chi connectivity index (χ0v) is 24.9. The standard InChI is InChI=1S/C33H30BrN2O3P/c1-3-39-33(37)31(21-25-23-36(24-38-2)32-20-19-26(34)22-30(25)32)35-40(27-13-7-4-8-14-27,28-15-9-5-10-16-28)29-17-11-6-12-18-29/h4-23H,3,24H2,1-2H3/b31-21-. The van der Waals surface area contributed by atoms with Gasteiger partial charge in [-0.2, -0.15) is 0 Å². The molecule has 5 nitrogen and oxygen atoms in total. The molecule has 40 heavy (non-hydrogen) atoms. The van der Waals surface area contributed by atoms with Gasteiger partial charge in [-0.1, -0.05) is 107 Å². The van der Waals surface area contributed by atoms with Crippen molar-refractivity contribution >= 4 is 61.8 Å². The van der Waals surface area contributed by atoms with Crippen molar-refractivity contribution in [2.45, 2.75) is 13.7 Å². The number of aromatic nitrogens is 1. The monoisotopic (exact) mass is 612 g/mol. The van der Waals surface area contributed by atoms with Gasteiger partial charge in [-0.3, -0.25) is 0 Å². The minimum absolute atomic E-state index is 0.246. The van der Waals surface area contributed by atoms with Crippen LogP contribution in [-0.4, -0.2) is 24.3 Å². The molecule has 0 unspecified atom stereocenters. The van der Waals surface area contributed by atoms with E-state index in [-0.39, 0.29) is 12.3 Å². The summed E-state index contributed by atoms with van der Waals surface area (Å²) in [5.41, 5.74) is 2.12. The summed E-state index contributed by atoms with van der Waals surface area (Å²) < 4.78 is 19.5. The number of methoxy groups -OCH3 is 1. The number of ether oxygens (including phenoxy) is 2. The van der Waals surface area contributed by atoms with Crippen LogP contribution in [0.25, 0.3) is 17.0 Å². The summed E-state index contributed by atoms with van der Waals surface area (Å²) in [6, 6.07) is 36.8. The molecule has 5 aromatic rings. The Morgan fingerprint density at radius 3 is 1.93 bits per heavy atom. The fourth-order valence-corrected chi connectivity index (χ4v) is 8.73. The maximum atomic E-state index is 13.6. The van der Waals surface area contributed by atoms with E-state index in [0.717, 1.165) is 36.9 Å². The van der Waals surface area contributed by atoms with Gasteiger partial charge < -0.3 is 14.0 Å². The predicted octanol–water partition coefficient (Wildman–Crippen LogP) is 7.09. The number of hydrogen-bond acceptors (Lipinski definition) is 4. The highest BCUT2D eigenvalue weighted by Gasteiger charge is 2.29. The third kappa shape index (κ3) is 5.62. The summed E-state index contributed by atoms with van der Waals surface area (Å²) in [5.74, 6) is -0.461. The molecule has 0 saturated heterocycles. The largest absolute Gasteiger partial charge is 0.461 e. The van der Waals surface area contributed by atoms with Crippen LogP contribution in [0.5, 0.6) is 0 Å². The van der Waals surface area contributed by atoms with Gasteiger partial charge in [-0.15, -0.1) is 0 Å². The molecular weight excluding hydrogens is 583 g/mol. The van der Waals surface area contributed by atoms with Crippen molar-refractivity contribution in [3.8, 4) is 0 Å². The minimum Gasteiger partial charge on any atom is -0.461 e. The van der Waals surface area contributed by atoms with E-state index in [9.17, 15) is 4.79 Å². The molecule has 0 fully saturated rings.